The average molecular weight is 225 g/mol. The summed E-state index contributed by atoms with van der Waals surface area (Å²) in [7, 11) is 1.22. The second kappa shape index (κ2) is 7.62. The minimum Gasteiger partial charge on any atom is -0.466 e. The van der Waals surface area contributed by atoms with Gasteiger partial charge in [0.15, 0.2) is 0 Å². The lowest BCUT2D eigenvalue weighted by atomic mass is 10.1. The fourth-order valence-electron chi connectivity index (χ4n) is 0.599. The maximum Gasteiger partial charge on any atom is 0.349 e. The summed E-state index contributed by atoms with van der Waals surface area (Å²) in [6.07, 6.45) is 0. The molecule has 4 nitrogen and oxygen atoms in total. The molecule has 0 heterocycles. The van der Waals surface area contributed by atoms with E-state index < -0.39 is 17.5 Å². The summed E-state index contributed by atoms with van der Waals surface area (Å²) in [6, 6.07) is 0. The standard InChI is InChI=1S/C7H11ClO4.C2H6/c1-7(2,6(10)11-3)12-5(9)4-8;1-2/h4H2,1-3H3;1-2H3. The summed E-state index contributed by atoms with van der Waals surface area (Å²) in [6.45, 7) is 6.87. The van der Waals surface area contributed by atoms with E-state index >= 15 is 0 Å². The van der Waals surface area contributed by atoms with Crippen molar-refractivity contribution in [3.8, 4) is 0 Å². The van der Waals surface area contributed by atoms with Gasteiger partial charge in [-0.2, -0.15) is 0 Å². The van der Waals surface area contributed by atoms with Crippen molar-refractivity contribution < 1.29 is 19.1 Å². The third-order valence-electron chi connectivity index (χ3n) is 1.16. The summed E-state index contributed by atoms with van der Waals surface area (Å²) in [5.41, 5.74) is -1.26. The van der Waals surface area contributed by atoms with Crippen LogP contribution in [0.4, 0.5) is 0 Å². The lowest BCUT2D eigenvalue weighted by molar-refractivity contribution is -0.174. The maximum absolute atomic E-state index is 10.9. The molecule has 0 aromatic rings. The van der Waals surface area contributed by atoms with Gasteiger partial charge in [0, 0.05) is 0 Å². The van der Waals surface area contributed by atoms with Crippen molar-refractivity contribution in [3.05, 3.63) is 0 Å². The number of carbonyl (C=O) groups is 2. The topological polar surface area (TPSA) is 52.6 Å². The molecule has 14 heavy (non-hydrogen) atoms. The van der Waals surface area contributed by atoms with E-state index in [1.165, 1.54) is 21.0 Å². The summed E-state index contributed by atoms with van der Waals surface area (Å²) >= 11 is 5.18. The van der Waals surface area contributed by atoms with Crippen LogP contribution in [0.1, 0.15) is 27.7 Å². The molecule has 0 aliphatic carbocycles. The molecule has 0 fully saturated rings. The Balaban J connectivity index is 0. The van der Waals surface area contributed by atoms with Gasteiger partial charge >= 0.3 is 11.9 Å². The monoisotopic (exact) mass is 224 g/mol. The van der Waals surface area contributed by atoms with Crippen molar-refractivity contribution in [2.75, 3.05) is 13.0 Å². The third-order valence-corrected chi connectivity index (χ3v) is 1.37. The normalized spacial score (nSPS) is 9.57. The van der Waals surface area contributed by atoms with Gasteiger partial charge in [0.25, 0.3) is 0 Å². The molecule has 0 N–H and O–H groups in total. The highest BCUT2D eigenvalue weighted by Crippen LogP contribution is 2.11. The fourth-order valence-corrected chi connectivity index (χ4v) is 0.654. The molecular formula is C9H17ClO4. The van der Waals surface area contributed by atoms with E-state index in [-0.39, 0.29) is 5.88 Å². The van der Waals surface area contributed by atoms with Crippen molar-refractivity contribution in [1.82, 2.24) is 0 Å². The Bertz CT molecular complexity index is 189. The number of esters is 2. The van der Waals surface area contributed by atoms with E-state index in [9.17, 15) is 9.59 Å². The number of hydrogen-bond acceptors (Lipinski definition) is 4. The van der Waals surface area contributed by atoms with Gasteiger partial charge in [0.05, 0.1) is 7.11 Å². The second-order valence-corrected chi connectivity index (χ2v) is 2.88. The Morgan fingerprint density at radius 2 is 1.71 bits per heavy atom. The first-order valence-electron chi connectivity index (χ1n) is 4.30. The Kier molecular flexibility index (Phi) is 8.54. The van der Waals surface area contributed by atoms with Crippen LogP contribution in [0.25, 0.3) is 0 Å². The van der Waals surface area contributed by atoms with E-state index in [2.05, 4.69) is 4.74 Å². The van der Waals surface area contributed by atoms with E-state index in [1.54, 1.807) is 0 Å². The Labute approximate surface area is 89.5 Å². The zero-order chi connectivity index (χ0) is 11.8. The van der Waals surface area contributed by atoms with Crippen LogP contribution < -0.4 is 0 Å². The Morgan fingerprint density at radius 1 is 1.29 bits per heavy atom. The first-order chi connectivity index (χ1) is 6.44. The summed E-state index contributed by atoms with van der Waals surface area (Å²) in [4.78, 5) is 21.6. The lowest BCUT2D eigenvalue weighted by Gasteiger charge is -2.21. The zero-order valence-electron chi connectivity index (χ0n) is 9.22. The molecule has 84 valence electrons. The predicted molar refractivity (Wildman–Crippen MR) is 54.3 cm³/mol. The van der Waals surface area contributed by atoms with Crippen LogP contribution in [-0.4, -0.2) is 30.5 Å². The Morgan fingerprint density at radius 3 is 2.00 bits per heavy atom. The number of halogens is 1. The van der Waals surface area contributed by atoms with Crippen LogP contribution in [0.2, 0.25) is 0 Å². The van der Waals surface area contributed by atoms with Gasteiger partial charge < -0.3 is 9.47 Å². The highest BCUT2D eigenvalue weighted by molar-refractivity contribution is 6.26. The van der Waals surface area contributed by atoms with Crippen molar-refractivity contribution in [1.29, 1.82) is 0 Å². The van der Waals surface area contributed by atoms with E-state index in [0.717, 1.165) is 0 Å². The van der Waals surface area contributed by atoms with Gasteiger partial charge in [-0.1, -0.05) is 13.8 Å². The largest absolute Gasteiger partial charge is 0.466 e. The van der Waals surface area contributed by atoms with Gasteiger partial charge in [-0.05, 0) is 13.8 Å². The molecule has 0 amide bonds. The number of alkyl halides is 1. The van der Waals surface area contributed by atoms with Crippen LogP contribution >= 0.6 is 11.6 Å². The van der Waals surface area contributed by atoms with Crippen molar-refractivity contribution in [3.63, 3.8) is 0 Å². The molecule has 0 aromatic carbocycles. The van der Waals surface area contributed by atoms with Crippen LogP contribution in [0, 0.1) is 0 Å². The highest BCUT2D eigenvalue weighted by atomic mass is 35.5. The summed E-state index contributed by atoms with van der Waals surface area (Å²) in [5, 5.41) is 0. The van der Waals surface area contributed by atoms with Crippen molar-refractivity contribution in [2.45, 2.75) is 33.3 Å². The molecular weight excluding hydrogens is 208 g/mol. The van der Waals surface area contributed by atoms with E-state index in [4.69, 9.17) is 16.3 Å². The van der Waals surface area contributed by atoms with Crippen LogP contribution in [0.5, 0.6) is 0 Å². The molecule has 0 radical (unpaired) electrons. The maximum atomic E-state index is 10.9. The van der Waals surface area contributed by atoms with E-state index in [1.807, 2.05) is 13.8 Å². The Hall–Kier alpha value is -0.770. The number of rotatable bonds is 3. The molecule has 0 aromatic heterocycles. The van der Waals surface area contributed by atoms with Crippen molar-refractivity contribution >= 4 is 23.5 Å². The number of hydrogen-bond donors (Lipinski definition) is 0. The molecule has 0 saturated carbocycles. The molecule has 0 aliphatic heterocycles. The molecule has 5 heteroatoms. The van der Waals surface area contributed by atoms with Gasteiger partial charge in [-0.25, -0.2) is 4.79 Å². The van der Waals surface area contributed by atoms with Crippen LogP contribution in [-0.2, 0) is 19.1 Å². The molecule has 0 spiro atoms. The number of methoxy groups -OCH3 is 1. The van der Waals surface area contributed by atoms with E-state index in [0.29, 0.717) is 0 Å². The molecule has 0 bridgehead atoms. The van der Waals surface area contributed by atoms with Gasteiger partial charge in [-0.3, -0.25) is 4.79 Å². The lowest BCUT2D eigenvalue weighted by Crippen LogP contribution is -2.38. The fraction of sp³-hybridized carbons (Fsp3) is 0.778. The van der Waals surface area contributed by atoms with Crippen LogP contribution in [0.15, 0.2) is 0 Å². The van der Waals surface area contributed by atoms with Gasteiger partial charge in [-0.15, -0.1) is 11.6 Å². The quantitative estimate of drug-likeness (QED) is 0.541. The molecule has 0 saturated heterocycles. The van der Waals surface area contributed by atoms with Gasteiger partial charge in [0.2, 0.25) is 5.60 Å². The number of carbonyl (C=O) groups excluding carboxylic acids is 2. The molecule has 0 unspecified atom stereocenters. The predicted octanol–water partition coefficient (Wildman–Crippen LogP) is 1.75. The SMILES string of the molecule is CC.COC(=O)C(C)(C)OC(=O)CCl. The molecule has 0 aliphatic rings. The highest BCUT2D eigenvalue weighted by Gasteiger charge is 2.32. The number of ether oxygens (including phenoxy) is 2. The average Bonchev–Trinajstić information content (AvgIpc) is 2.18. The first kappa shape index (κ1) is 15.7. The molecule has 0 rings (SSSR count). The second-order valence-electron chi connectivity index (χ2n) is 2.61. The first-order valence-corrected chi connectivity index (χ1v) is 4.83. The third kappa shape index (κ3) is 5.80. The minimum atomic E-state index is -1.26. The summed E-state index contributed by atoms with van der Waals surface area (Å²) < 4.78 is 9.10. The smallest absolute Gasteiger partial charge is 0.349 e. The van der Waals surface area contributed by atoms with Crippen molar-refractivity contribution in [2.24, 2.45) is 0 Å². The van der Waals surface area contributed by atoms with Crippen LogP contribution in [0.3, 0.4) is 0 Å². The molecule has 0 atom stereocenters. The summed E-state index contributed by atoms with van der Waals surface area (Å²) in [5.74, 6) is -1.53. The minimum absolute atomic E-state index is 0.277. The zero-order valence-corrected chi connectivity index (χ0v) is 9.97. The van der Waals surface area contributed by atoms with Gasteiger partial charge in [0.1, 0.15) is 5.88 Å².